The van der Waals surface area contributed by atoms with Gasteiger partial charge in [0.15, 0.2) is 0 Å². The standard InChI is InChI=1S/C7H9N3O2S/c11-6(12)5-1-2-10(3-5)7-8-4-9-13-7/h4-5H,1-3H2,(H,11,12). The van der Waals surface area contributed by atoms with Gasteiger partial charge >= 0.3 is 5.97 Å². The van der Waals surface area contributed by atoms with Crippen molar-refractivity contribution >= 4 is 22.6 Å². The molecule has 1 aromatic rings. The highest BCUT2D eigenvalue weighted by Crippen LogP contribution is 2.23. The second kappa shape index (κ2) is 3.29. The molecule has 2 rings (SSSR count). The molecular weight excluding hydrogens is 190 g/mol. The summed E-state index contributed by atoms with van der Waals surface area (Å²) in [5, 5.41) is 9.59. The molecule has 70 valence electrons. The maximum atomic E-state index is 10.7. The van der Waals surface area contributed by atoms with E-state index in [0.717, 1.165) is 11.7 Å². The number of carboxylic acid groups (broad SMARTS) is 1. The van der Waals surface area contributed by atoms with Crippen LogP contribution < -0.4 is 4.90 Å². The third-order valence-electron chi connectivity index (χ3n) is 2.16. The molecule has 0 radical (unpaired) electrons. The van der Waals surface area contributed by atoms with Crippen molar-refractivity contribution < 1.29 is 9.90 Å². The van der Waals surface area contributed by atoms with Gasteiger partial charge in [-0.2, -0.15) is 4.37 Å². The van der Waals surface area contributed by atoms with Crippen molar-refractivity contribution in [1.29, 1.82) is 0 Å². The average molecular weight is 199 g/mol. The van der Waals surface area contributed by atoms with Crippen LogP contribution in [0.4, 0.5) is 5.13 Å². The van der Waals surface area contributed by atoms with Gasteiger partial charge in [0.2, 0.25) is 5.13 Å². The van der Waals surface area contributed by atoms with E-state index >= 15 is 0 Å². The first-order valence-corrected chi connectivity index (χ1v) is 4.79. The molecule has 1 saturated heterocycles. The Hall–Kier alpha value is -1.17. The quantitative estimate of drug-likeness (QED) is 0.749. The lowest BCUT2D eigenvalue weighted by Crippen LogP contribution is -2.22. The van der Waals surface area contributed by atoms with Gasteiger partial charge in [0, 0.05) is 24.6 Å². The second-order valence-corrected chi connectivity index (χ2v) is 3.75. The molecular formula is C7H9N3O2S. The number of rotatable bonds is 2. The van der Waals surface area contributed by atoms with Crippen LogP contribution in [0.3, 0.4) is 0 Å². The Morgan fingerprint density at radius 2 is 2.62 bits per heavy atom. The molecule has 1 N–H and O–H groups in total. The van der Waals surface area contributed by atoms with E-state index in [1.807, 2.05) is 4.90 Å². The van der Waals surface area contributed by atoms with Crippen molar-refractivity contribution in [3.05, 3.63) is 6.33 Å². The van der Waals surface area contributed by atoms with Gasteiger partial charge in [0.25, 0.3) is 0 Å². The number of anilines is 1. The average Bonchev–Trinajstić information content (AvgIpc) is 2.75. The Kier molecular flexibility index (Phi) is 2.13. The lowest BCUT2D eigenvalue weighted by Gasteiger charge is -2.12. The van der Waals surface area contributed by atoms with Gasteiger partial charge in [-0.3, -0.25) is 4.79 Å². The molecule has 0 spiro atoms. The zero-order valence-corrected chi connectivity index (χ0v) is 7.70. The van der Waals surface area contributed by atoms with Gasteiger partial charge in [-0.1, -0.05) is 0 Å². The first-order chi connectivity index (χ1) is 6.27. The number of hydrogen-bond donors (Lipinski definition) is 1. The molecule has 0 amide bonds. The maximum absolute atomic E-state index is 10.7. The minimum absolute atomic E-state index is 0.246. The zero-order valence-electron chi connectivity index (χ0n) is 6.88. The Morgan fingerprint density at radius 3 is 3.15 bits per heavy atom. The highest BCUT2D eigenvalue weighted by molar-refractivity contribution is 7.09. The molecule has 0 aromatic carbocycles. The molecule has 2 heterocycles. The third-order valence-corrected chi connectivity index (χ3v) is 2.88. The van der Waals surface area contributed by atoms with E-state index in [0.29, 0.717) is 13.0 Å². The lowest BCUT2D eigenvalue weighted by atomic mass is 10.1. The topological polar surface area (TPSA) is 66.3 Å². The predicted molar refractivity (Wildman–Crippen MR) is 47.9 cm³/mol. The molecule has 1 unspecified atom stereocenters. The van der Waals surface area contributed by atoms with E-state index in [-0.39, 0.29) is 5.92 Å². The number of carbonyl (C=O) groups is 1. The fourth-order valence-electron chi connectivity index (χ4n) is 1.44. The summed E-state index contributed by atoms with van der Waals surface area (Å²) in [6.07, 6.45) is 2.20. The first-order valence-electron chi connectivity index (χ1n) is 4.02. The number of carboxylic acids is 1. The van der Waals surface area contributed by atoms with Crippen LogP contribution in [0.25, 0.3) is 0 Å². The molecule has 5 nitrogen and oxygen atoms in total. The summed E-state index contributed by atoms with van der Waals surface area (Å²) in [5.41, 5.74) is 0. The third kappa shape index (κ3) is 1.62. The van der Waals surface area contributed by atoms with E-state index < -0.39 is 5.97 Å². The van der Waals surface area contributed by atoms with Gasteiger partial charge in [0.1, 0.15) is 6.33 Å². The second-order valence-electron chi connectivity index (χ2n) is 2.99. The fourth-order valence-corrected chi connectivity index (χ4v) is 2.01. The molecule has 1 aliphatic rings. The Morgan fingerprint density at radius 1 is 1.77 bits per heavy atom. The van der Waals surface area contributed by atoms with Gasteiger partial charge < -0.3 is 10.0 Å². The van der Waals surface area contributed by atoms with Crippen molar-refractivity contribution in [3.63, 3.8) is 0 Å². The summed E-state index contributed by atoms with van der Waals surface area (Å²) < 4.78 is 3.88. The SMILES string of the molecule is O=C(O)C1CCN(c2ncns2)C1. The van der Waals surface area contributed by atoms with Crippen molar-refractivity contribution in [2.45, 2.75) is 6.42 Å². The van der Waals surface area contributed by atoms with Gasteiger partial charge in [0.05, 0.1) is 5.92 Å². The number of aromatic nitrogens is 2. The summed E-state index contributed by atoms with van der Waals surface area (Å²) in [6.45, 7) is 1.33. The van der Waals surface area contributed by atoms with Crippen LogP contribution in [0.1, 0.15) is 6.42 Å². The van der Waals surface area contributed by atoms with Gasteiger partial charge in [-0.15, -0.1) is 0 Å². The zero-order chi connectivity index (χ0) is 9.26. The van der Waals surface area contributed by atoms with Crippen molar-refractivity contribution in [1.82, 2.24) is 9.36 Å². The smallest absolute Gasteiger partial charge is 0.308 e. The van der Waals surface area contributed by atoms with Crippen LogP contribution >= 0.6 is 11.5 Å². The van der Waals surface area contributed by atoms with E-state index in [1.165, 1.54) is 17.9 Å². The van der Waals surface area contributed by atoms with E-state index in [1.54, 1.807) is 0 Å². The van der Waals surface area contributed by atoms with Crippen LogP contribution in [-0.4, -0.2) is 33.5 Å². The summed E-state index contributed by atoms with van der Waals surface area (Å²) in [6, 6.07) is 0. The highest BCUT2D eigenvalue weighted by atomic mass is 32.1. The number of hydrogen-bond acceptors (Lipinski definition) is 5. The monoisotopic (exact) mass is 199 g/mol. The normalized spacial score (nSPS) is 22.2. The number of aliphatic carboxylic acids is 1. The highest BCUT2D eigenvalue weighted by Gasteiger charge is 2.29. The van der Waals surface area contributed by atoms with Gasteiger partial charge in [-0.05, 0) is 6.42 Å². The minimum Gasteiger partial charge on any atom is -0.481 e. The molecule has 1 aliphatic heterocycles. The fraction of sp³-hybridized carbons (Fsp3) is 0.571. The summed E-state index contributed by atoms with van der Waals surface area (Å²) in [4.78, 5) is 16.7. The molecule has 0 saturated carbocycles. The van der Waals surface area contributed by atoms with Crippen LogP contribution in [0, 0.1) is 5.92 Å². The van der Waals surface area contributed by atoms with Crippen molar-refractivity contribution in [3.8, 4) is 0 Å². The lowest BCUT2D eigenvalue weighted by molar-refractivity contribution is -0.140. The number of nitrogens with zero attached hydrogens (tertiary/aromatic N) is 3. The summed E-state index contributed by atoms with van der Waals surface area (Å²) in [5.74, 6) is -0.962. The van der Waals surface area contributed by atoms with Crippen molar-refractivity contribution in [2.24, 2.45) is 5.92 Å². The summed E-state index contributed by atoms with van der Waals surface area (Å²) >= 11 is 1.31. The molecule has 1 aromatic heterocycles. The minimum atomic E-state index is -0.716. The Bertz CT molecular complexity index is 301. The van der Waals surface area contributed by atoms with Crippen LogP contribution in [0.15, 0.2) is 6.33 Å². The van der Waals surface area contributed by atoms with Gasteiger partial charge in [-0.25, -0.2) is 4.98 Å². The van der Waals surface area contributed by atoms with E-state index in [9.17, 15) is 4.79 Å². The molecule has 13 heavy (non-hydrogen) atoms. The molecule has 0 aliphatic carbocycles. The van der Waals surface area contributed by atoms with E-state index in [2.05, 4.69) is 9.36 Å². The van der Waals surface area contributed by atoms with E-state index in [4.69, 9.17) is 5.11 Å². The Labute approximate surface area is 79.2 Å². The summed E-state index contributed by atoms with van der Waals surface area (Å²) in [7, 11) is 0. The molecule has 1 atom stereocenters. The predicted octanol–water partition coefficient (Wildman–Crippen LogP) is 0.449. The van der Waals surface area contributed by atoms with Crippen LogP contribution in [0.2, 0.25) is 0 Å². The Balaban J connectivity index is 2.03. The van der Waals surface area contributed by atoms with Crippen LogP contribution in [0.5, 0.6) is 0 Å². The van der Waals surface area contributed by atoms with Crippen LogP contribution in [-0.2, 0) is 4.79 Å². The molecule has 0 bridgehead atoms. The maximum Gasteiger partial charge on any atom is 0.308 e. The first kappa shape index (κ1) is 8.43. The van der Waals surface area contributed by atoms with Crippen molar-refractivity contribution in [2.75, 3.05) is 18.0 Å². The molecule has 1 fully saturated rings. The molecule has 6 heteroatoms. The largest absolute Gasteiger partial charge is 0.481 e.